The predicted molar refractivity (Wildman–Crippen MR) is 82.6 cm³/mol. The molecule has 1 amide bonds. The molecule has 0 bridgehead atoms. The molecule has 2 rings (SSSR count). The molecule has 0 radical (unpaired) electrons. The molecule has 20 heavy (non-hydrogen) atoms. The van der Waals surface area contributed by atoms with Gasteiger partial charge in [-0.05, 0) is 12.7 Å². The van der Waals surface area contributed by atoms with Gasteiger partial charge in [-0.2, -0.15) is 0 Å². The molecule has 0 aromatic carbocycles. The number of carbonyl (C=O) groups excluding carboxylic acids is 1. The van der Waals surface area contributed by atoms with Gasteiger partial charge in [0.25, 0.3) is 0 Å². The van der Waals surface area contributed by atoms with Crippen molar-refractivity contribution in [3.63, 3.8) is 0 Å². The summed E-state index contributed by atoms with van der Waals surface area (Å²) in [4.78, 5) is 23.3. The van der Waals surface area contributed by atoms with E-state index in [0.29, 0.717) is 13.1 Å². The zero-order chi connectivity index (χ0) is 14.9. The Bertz CT molecular complexity index is 510. The van der Waals surface area contributed by atoms with E-state index in [4.69, 9.17) is 0 Å². The first-order chi connectivity index (χ1) is 9.32. The van der Waals surface area contributed by atoms with Crippen LogP contribution < -0.4 is 0 Å². The lowest BCUT2D eigenvalue weighted by atomic mass is 9.95. The highest BCUT2D eigenvalue weighted by Crippen LogP contribution is 2.26. The normalized spacial score (nSPS) is 16.1. The number of hydrogen-bond acceptors (Lipinski definition) is 4. The fourth-order valence-corrected chi connectivity index (χ4v) is 3.04. The van der Waals surface area contributed by atoms with Gasteiger partial charge in [0, 0.05) is 23.7 Å². The average molecular weight is 293 g/mol. The molecular formula is C15H23N3OS. The summed E-state index contributed by atoms with van der Waals surface area (Å²) in [7, 11) is 0. The maximum Gasteiger partial charge on any atom is 0.236 e. The van der Waals surface area contributed by atoms with Gasteiger partial charge >= 0.3 is 0 Å². The molecule has 0 unspecified atom stereocenters. The Kier molecular flexibility index (Phi) is 4.37. The molecule has 110 valence electrons. The van der Waals surface area contributed by atoms with Crippen molar-refractivity contribution in [1.29, 1.82) is 0 Å². The molecule has 1 aliphatic rings. The standard InChI is InChI=1S/C15H23N3OS/c1-6-20-10(2)13(19)18-8-11-7-16-14(15(3,4)5)17-12(11)9-18/h7,10H,6,8-9H2,1-5H3/t10-/m0/s1. The Morgan fingerprint density at radius 1 is 1.45 bits per heavy atom. The summed E-state index contributed by atoms with van der Waals surface area (Å²) in [5.74, 6) is 2.01. The largest absolute Gasteiger partial charge is 0.331 e. The van der Waals surface area contributed by atoms with E-state index in [-0.39, 0.29) is 16.6 Å². The smallest absolute Gasteiger partial charge is 0.236 e. The zero-order valence-corrected chi connectivity index (χ0v) is 13.8. The monoisotopic (exact) mass is 293 g/mol. The van der Waals surface area contributed by atoms with Gasteiger partial charge in [-0.1, -0.05) is 27.7 Å². The predicted octanol–water partition coefficient (Wildman–Crippen LogP) is 2.76. The second-order valence-corrected chi connectivity index (χ2v) is 7.83. The van der Waals surface area contributed by atoms with Crippen LogP contribution in [0.25, 0.3) is 0 Å². The maximum atomic E-state index is 12.3. The van der Waals surface area contributed by atoms with Gasteiger partial charge in [-0.25, -0.2) is 9.97 Å². The summed E-state index contributed by atoms with van der Waals surface area (Å²) < 4.78 is 0. The molecule has 0 saturated heterocycles. The Balaban J connectivity index is 2.13. The van der Waals surface area contributed by atoms with Crippen LogP contribution in [0.15, 0.2) is 6.20 Å². The molecule has 5 heteroatoms. The van der Waals surface area contributed by atoms with Crippen molar-refractivity contribution < 1.29 is 4.79 Å². The van der Waals surface area contributed by atoms with Gasteiger partial charge < -0.3 is 4.90 Å². The molecule has 4 nitrogen and oxygen atoms in total. The first-order valence-electron chi connectivity index (χ1n) is 7.08. The van der Waals surface area contributed by atoms with Crippen LogP contribution in [0.5, 0.6) is 0 Å². The summed E-state index contributed by atoms with van der Waals surface area (Å²) in [6.45, 7) is 11.6. The number of thioether (sulfide) groups is 1. The summed E-state index contributed by atoms with van der Waals surface area (Å²) in [5, 5.41) is 0.0179. The maximum absolute atomic E-state index is 12.3. The van der Waals surface area contributed by atoms with Crippen LogP contribution in [-0.2, 0) is 23.3 Å². The van der Waals surface area contributed by atoms with E-state index in [1.165, 1.54) is 0 Å². The number of fused-ring (bicyclic) bond motifs is 1. The fourth-order valence-electron chi connectivity index (χ4n) is 2.25. The number of hydrogen-bond donors (Lipinski definition) is 0. The third kappa shape index (κ3) is 3.14. The van der Waals surface area contributed by atoms with E-state index >= 15 is 0 Å². The Morgan fingerprint density at radius 3 is 2.75 bits per heavy atom. The van der Waals surface area contributed by atoms with Crippen molar-refractivity contribution in [1.82, 2.24) is 14.9 Å². The number of aromatic nitrogens is 2. The molecule has 0 fully saturated rings. The minimum Gasteiger partial charge on any atom is -0.331 e. The van der Waals surface area contributed by atoms with Crippen LogP contribution in [0.1, 0.15) is 51.7 Å². The van der Waals surface area contributed by atoms with Crippen molar-refractivity contribution in [2.24, 2.45) is 0 Å². The lowest BCUT2D eigenvalue weighted by molar-refractivity contribution is -0.130. The molecule has 0 N–H and O–H groups in total. The first-order valence-corrected chi connectivity index (χ1v) is 8.13. The molecule has 1 aromatic rings. The number of rotatable bonds is 3. The van der Waals surface area contributed by atoms with Crippen molar-refractivity contribution in [2.45, 2.75) is 58.4 Å². The second-order valence-electron chi connectivity index (χ2n) is 6.21. The zero-order valence-electron chi connectivity index (χ0n) is 12.9. The molecule has 1 aliphatic heterocycles. The van der Waals surface area contributed by atoms with Gasteiger partial charge in [-0.3, -0.25) is 4.79 Å². The molecule has 2 heterocycles. The number of amides is 1. The Labute approximate surface area is 125 Å². The Hall–Kier alpha value is -1.10. The summed E-state index contributed by atoms with van der Waals surface area (Å²) in [5.41, 5.74) is 2.03. The Morgan fingerprint density at radius 2 is 2.15 bits per heavy atom. The quantitative estimate of drug-likeness (QED) is 0.859. The van der Waals surface area contributed by atoms with Crippen LogP contribution in [0.3, 0.4) is 0 Å². The van der Waals surface area contributed by atoms with Gasteiger partial charge in [0.05, 0.1) is 17.5 Å². The molecular weight excluding hydrogens is 270 g/mol. The molecule has 0 aliphatic carbocycles. The van der Waals surface area contributed by atoms with E-state index < -0.39 is 0 Å². The highest BCUT2D eigenvalue weighted by molar-refractivity contribution is 8.00. The van der Waals surface area contributed by atoms with Crippen LogP contribution in [-0.4, -0.2) is 31.8 Å². The lowest BCUT2D eigenvalue weighted by Crippen LogP contribution is -2.32. The van der Waals surface area contributed by atoms with Gasteiger partial charge in [0.15, 0.2) is 0 Å². The molecule has 1 aromatic heterocycles. The van der Waals surface area contributed by atoms with Gasteiger partial charge in [0.1, 0.15) is 5.82 Å². The lowest BCUT2D eigenvalue weighted by Gasteiger charge is -2.19. The van der Waals surface area contributed by atoms with E-state index in [1.807, 2.05) is 18.0 Å². The van der Waals surface area contributed by atoms with E-state index in [1.54, 1.807) is 11.8 Å². The molecule has 1 atom stereocenters. The van der Waals surface area contributed by atoms with Crippen LogP contribution in [0.2, 0.25) is 0 Å². The molecule has 0 saturated carbocycles. The summed E-state index contributed by atoms with van der Waals surface area (Å²) in [6.07, 6.45) is 1.88. The van der Waals surface area contributed by atoms with Crippen molar-refractivity contribution in [3.05, 3.63) is 23.3 Å². The van der Waals surface area contributed by atoms with Gasteiger partial charge in [0.2, 0.25) is 5.91 Å². The third-order valence-electron chi connectivity index (χ3n) is 3.40. The fraction of sp³-hybridized carbons (Fsp3) is 0.667. The van der Waals surface area contributed by atoms with Crippen LogP contribution in [0, 0.1) is 0 Å². The van der Waals surface area contributed by atoms with E-state index in [9.17, 15) is 4.79 Å². The first kappa shape index (κ1) is 15.3. The van der Waals surface area contributed by atoms with E-state index in [2.05, 4.69) is 37.7 Å². The minimum absolute atomic E-state index is 0.0179. The number of nitrogens with zero attached hydrogens (tertiary/aromatic N) is 3. The molecule has 0 spiro atoms. The highest BCUT2D eigenvalue weighted by atomic mass is 32.2. The minimum atomic E-state index is -0.0577. The summed E-state index contributed by atoms with van der Waals surface area (Å²) in [6, 6.07) is 0. The summed E-state index contributed by atoms with van der Waals surface area (Å²) >= 11 is 1.69. The third-order valence-corrected chi connectivity index (χ3v) is 4.44. The van der Waals surface area contributed by atoms with Gasteiger partial charge in [-0.15, -0.1) is 11.8 Å². The van der Waals surface area contributed by atoms with Crippen LogP contribution >= 0.6 is 11.8 Å². The SMILES string of the molecule is CCS[C@@H](C)C(=O)N1Cc2cnc(C(C)(C)C)nc2C1. The average Bonchev–Trinajstić information content (AvgIpc) is 2.79. The highest BCUT2D eigenvalue weighted by Gasteiger charge is 2.29. The number of carbonyl (C=O) groups is 1. The van der Waals surface area contributed by atoms with Crippen molar-refractivity contribution in [3.8, 4) is 0 Å². The van der Waals surface area contributed by atoms with Crippen molar-refractivity contribution >= 4 is 17.7 Å². The van der Waals surface area contributed by atoms with E-state index in [0.717, 1.165) is 22.8 Å². The topological polar surface area (TPSA) is 46.1 Å². The van der Waals surface area contributed by atoms with Crippen LogP contribution in [0.4, 0.5) is 0 Å². The second kappa shape index (κ2) is 5.72. The van der Waals surface area contributed by atoms with Crippen molar-refractivity contribution in [2.75, 3.05) is 5.75 Å².